The van der Waals surface area contributed by atoms with Crippen LogP contribution in [0.5, 0.6) is 5.75 Å². The van der Waals surface area contributed by atoms with Gasteiger partial charge < -0.3 is 9.47 Å². The third kappa shape index (κ3) is 4.57. The lowest BCUT2D eigenvalue weighted by atomic mass is 10.0. The van der Waals surface area contributed by atoms with E-state index in [1.807, 2.05) is 26.0 Å². The van der Waals surface area contributed by atoms with Crippen LogP contribution in [0.15, 0.2) is 18.2 Å². The Morgan fingerprint density at radius 3 is 2.59 bits per heavy atom. The van der Waals surface area contributed by atoms with Crippen LogP contribution >= 0.6 is 0 Å². The minimum atomic E-state index is -0.354. The van der Waals surface area contributed by atoms with Gasteiger partial charge in [-0.05, 0) is 43.0 Å². The van der Waals surface area contributed by atoms with Crippen molar-refractivity contribution in [3.63, 3.8) is 0 Å². The Labute approximate surface area is 103 Å². The normalized spacial score (nSPS) is 10.6. The molecule has 0 saturated heterocycles. The van der Waals surface area contributed by atoms with Crippen LogP contribution in [0, 0.1) is 6.92 Å². The molecular weight excluding hydrogens is 216 g/mol. The summed E-state index contributed by atoms with van der Waals surface area (Å²) < 4.78 is 10.2. The number of benzene rings is 1. The molecule has 0 atom stereocenters. The molecule has 0 unspecified atom stereocenters. The molecule has 0 heterocycles. The van der Waals surface area contributed by atoms with Crippen molar-refractivity contribution in [1.29, 1.82) is 0 Å². The summed E-state index contributed by atoms with van der Waals surface area (Å²) in [5.41, 5.74) is 2.26. The molecule has 0 amide bonds. The highest BCUT2D eigenvalue weighted by Crippen LogP contribution is 2.22. The van der Waals surface area contributed by atoms with Gasteiger partial charge in [0.1, 0.15) is 12.4 Å². The molecule has 1 aromatic carbocycles. The zero-order chi connectivity index (χ0) is 12.8. The molecule has 1 rings (SSSR count). The highest BCUT2D eigenvalue weighted by Gasteiger charge is 2.08. The summed E-state index contributed by atoms with van der Waals surface area (Å²) in [7, 11) is 0. The summed E-state index contributed by atoms with van der Waals surface area (Å²) in [5.74, 6) is 0.657. The molecule has 0 N–H and O–H groups in total. The number of carbonyl (C=O) groups is 1. The fourth-order valence-electron chi connectivity index (χ4n) is 1.52. The van der Waals surface area contributed by atoms with Gasteiger partial charge in [0, 0.05) is 6.61 Å². The smallest absolute Gasteiger partial charge is 0.337 e. The third-order valence-corrected chi connectivity index (χ3v) is 2.40. The first-order chi connectivity index (χ1) is 8.02. The first-order valence-corrected chi connectivity index (χ1v) is 5.93. The molecule has 0 aliphatic carbocycles. The Kier molecular flexibility index (Phi) is 5.16. The first-order valence-electron chi connectivity index (χ1n) is 5.93. The maximum atomic E-state index is 11.4. The minimum Gasteiger partial charge on any atom is -0.425 e. The van der Waals surface area contributed by atoms with Crippen LogP contribution < -0.4 is 4.74 Å². The van der Waals surface area contributed by atoms with Gasteiger partial charge >= 0.3 is 5.97 Å². The Balaban J connectivity index is 2.73. The lowest BCUT2D eigenvalue weighted by Crippen LogP contribution is -2.15. The van der Waals surface area contributed by atoms with Crippen LogP contribution in [0.3, 0.4) is 0 Å². The molecule has 3 nitrogen and oxygen atoms in total. The first kappa shape index (κ1) is 13.7. The molecule has 0 aliphatic heterocycles. The second kappa shape index (κ2) is 6.40. The fourth-order valence-corrected chi connectivity index (χ4v) is 1.52. The molecule has 0 fully saturated rings. The van der Waals surface area contributed by atoms with Crippen molar-refractivity contribution in [2.45, 2.75) is 33.6 Å². The van der Waals surface area contributed by atoms with Crippen molar-refractivity contribution in [2.75, 3.05) is 13.2 Å². The summed E-state index contributed by atoms with van der Waals surface area (Å²) in [4.78, 5) is 11.4. The van der Waals surface area contributed by atoms with E-state index in [-0.39, 0.29) is 12.6 Å². The van der Waals surface area contributed by atoms with Crippen molar-refractivity contribution in [1.82, 2.24) is 0 Å². The fraction of sp³-hybridized carbons (Fsp3) is 0.500. The van der Waals surface area contributed by atoms with Gasteiger partial charge in [-0.15, -0.1) is 0 Å². The van der Waals surface area contributed by atoms with E-state index in [1.54, 1.807) is 0 Å². The van der Waals surface area contributed by atoms with Gasteiger partial charge in [0.15, 0.2) is 0 Å². The van der Waals surface area contributed by atoms with E-state index in [9.17, 15) is 4.79 Å². The zero-order valence-electron chi connectivity index (χ0n) is 10.9. The summed E-state index contributed by atoms with van der Waals surface area (Å²) in [6.07, 6.45) is 0. The van der Waals surface area contributed by atoms with E-state index in [1.165, 1.54) is 5.56 Å². The molecule has 0 radical (unpaired) electrons. The predicted octanol–water partition coefficient (Wildman–Crippen LogP) is 3.06. The number of aryl methyl sites for hydroxylation is 1. The molecule has 0 aromatic heterocycles. The van der Waals surface area contributed by atoms with Crippen molar-refractivity contribution in [3.05, 3.63) is 29.3 Å². The number of hydrogen-bond donors (Lipinski definition) is 0. The van der Waals surface area contributed by atoms with Gasteiger partial charge in [-0.3, -0.25) is 0 Å². The van der Waals surface area contributed by atoms with Crippen LogP contribution in [-0.2, 0) is 9.53 Å². The molecule has 3 heteroatoms. The van der Waals surface area contributed by atoms with Crippen LogP contribution in [0.25, 0.3) is 0 Å². The van der Waals surface area contributed by atoms with Crippen LogP contribution in [0.4, 0.5) is 0 Å². The van der Waals surface area contributed by atoms with Crippen LogP contribution in [0.1, 0.15) is 37.8 Å². The highest BCUT2D eigenvalue weighted by molar-refractivity contribution is 5.73. The number of carbonyl (C=O) groups excluding carboxylic acids is 1. The van der Waals surface area contributed by atoms with Gasteiger partial charge in [0.2, 0.25) is 0 Å². The summed E-state index contributed by atoms with van der Waals surface area (Å²) in [6, 6.07) is 5.86. The molecule has 0 bridgehead atoms. The topological polar surface area (TPSA) is 35.5 Å². The van der Waals surface area contributed by atoms with Crippen molar-refractivity contribution in [2.24, 2.45) is 0 Å². The summed E-state index contributed by atoms with van der Waals surface area (Å²) >= 11 is 0. The molecule has 17 heavy (non-hydrogen) atoms. The van der Waals surface area contributed by atoms with Gasteiger partial charge in [0.25, 0.3) is 0 Å². The lowest BCUT2D eigenvalue weighted by Gasteiger charge is -2.10. The molecule has 0 saturated carbocycles. The summed E-state index contributed by atoms with van der Waals surface area (Å²) in [5, 5.41) is 0. The lowest BCUT2D eigenvalue weighted by molar-refractivity contribution is -0.139. The molecule has 94 valence electrons. The molecular formula is C14H20O3. The van der Waals surface area contributed by atoms with Gasteiger partial charge in [-0.1, -0.05) is 19.9 Å². The number of esters is 1. The second-order valence-corrected chi connectivity index (χ2v) is 4.35. The van der Waals surface area contributed by atoms with E-state index < -0.39 is 0 Å². The number of hydrogen-bond acceptors (Lipinski definition) is 3. The molecule has 0 spiro atoms. The van der Waals surface area contributed by atoms with Crippen molar-refractivity contribution >= 4 is 5.97 Å². The van der Waals surface area contributed by atoms with E-state index >= 15 is 0 Å². The average Bonchev–Trinajstić information content (AvgIpc) is 2.25. The quantitative estimate of drug-likeness (QED) is 0.582. The zero-order valence-corrected chi connectivity index (χ0v) is 10.9. The van der Waals surface area contributed by atoms with E-state index in [0.717, 1.165) is 5.56 Å². The Bertz CT molecular complexity index is 383. The predicted molar refractivity (Wildman–Crippen MR) is 67.4 cm³/mol. The van der Waals surface area contributed by atoms with E-state index in [0.29, 0.717) is 18.3 Å². The van der Waals surface area contributed by atoms with Crippen molar-refractivity contribution < 1.29 is 14.3 Å². The minimum absolute atomic E-state index is 0.00144. The SMILES string of the molecule is CCOCC(=O)Oc1cc(C)cc(C(C)C)c1. The Morgan fingerprint density at radius 2 is 2.00 bits per heavy atom. The van der Waals surface area contributed by atoms with Crippen LogP contribution in [-0.4, -0.2) is 19.2 Å². The Morgan fingerprint density at radius 1 is 1.29 bits per heavy atom. The van der Waals surface area contributed by atoms with Crippen molar-refractivity contribution in [3.8, 4) is 5.75 Å². The van der Waals surface area contributed by atoms with Gasteiger partial charge in [0.05, 0.1) is 0 Å². The maximum Gasteiger partial charge on any atom is 0.337 e. The maximum absolute atomic E-state index is 11.4. The largest absolute Gasteiger partial charge is 0.425 e. The molecule has 1 aromatic rings. The average molecular weight is 236 g/mol. The standard InChI is InChI=1S/C14H20O3/c1-5-16-9-14(15)17-13-7-11(4)6-12(8-13)10(2)3/h6-8,10H,5,9H2,1-4H3. The Hall–Kier alpha value is -1.35. The van der Waals surface area contributed by atoms with Gasteiger partial charge in [-0.25, -0.2) is 4.79 Å². The monoisotopic (exact) mass is 236 g/mol. The highest BCUT2D eigenvalue weighted by atomic mass is 16.6. The third-order valence-electron chi connectivity index (χ3n) is 2.40. The van der Waals surface area contributed by atoms with E-state index in [2.05, 4.69) is 19.9 Å². The van der Waals surface area contributed by atoms with Crippen LogP contribution in [0.2, 0.25) is 0 Å². The molecule has 0 aliphatic rings. The summed E-state index contributed by atoms with van der Waals surface area (Å²) in [6.45, 7) is 8.57. The number of rotatable bonds is 5. The van der Waals surface area contributed by atoms with E-state index in [4.69, 9.17) is 9.47 Å². The second-order valence-electron chi connectivity index (χ2n) is 4.35. The number of ether oxygens (including phenoxy) is 2. The van der Waals surface area contributed by atoms with Gasteiger partial charge in [-0.2, -0.15) is 0 Å².